The molecule has 0 radical (unpaired) electrons. The van der Waals surface area contributed by atoms with Crippen molar-refractivity contribution >= 4 is 48.3 Å². The molecule has 3 aromatic carbocycles. The zero-order chi connectivity index (χ0) is 38.1. The van der Waals surface area contributed by atoms with Gasteiger partial charge in [0.1, 0.15) is 29.8 Å². The fourth-order valence-corrected chi connectivity index (χ4v) is 6.52. The van der Waals surface area contributed by atoms with Gasteiger partial charge in [0.15, 0.2) is 17.4 Å². The molecule has 0 spiro atoms. The lowest BCUT2D eigenvalue weighted by atomic mass is 10.0. The number of aryl methyl sites for hydroxylation is 1. The van der Waals surface area contributed by atoms with Crippen molar-refractivity contribution in [3.63, 3.8) is 0 Å². The minimum atomic E-state index is -1.30. The maximum absolute atomic E-state index is 15.8. The van der Waals surface area contributed by atoms with Crippen molar-refractivity contribution in [1.29, 1.82) is 0 Å². The normalized spacial score (nSPS) is 11.6. The molecule has 0 saturated heterocycles. The number of hydrogen-bond acceptors (Lipinski definition) is 6. The Bertz CT molecular complexity index is 2060. The Morgan fingerprint density at radius 1 is 0.962 bits per heavy atom. The van der Waals surface area contributed by atoms with Crippen LogP contribution in [0, 0.1) is 17.5 Å². The Morgan fingerprint density at radius 2 is 1.75 bits per heavy atom. The molecule has 5 aromatic rings. The number of anilines is 1. The molecule has 0 fully saturated rings. The predicted octanol–water partition coefficient (Wildman–Crippen LogP) is 9.39. The molecule has 282 valence electrons. The zero-order valence-corrected chi connectivity index (χ0v) is 32.1. The molecule has 9 nitrogen and oxygen atoms in total. The van der Waals surface area contributed by atoms with Crippen LogP contribution in [0.3, 0.4) is 0 Å². The second-order valence-electron chi connectivity index (χ2n) is 13.9. The van der Waals surface area contributed by atoms with Crippen LogP contribution in [0.1, 0.15) is 43.0 Å². The van der Waals surface area contributed by atoms with E-state index in [9.17, 15) is 9.59 Å². The fourth-order valence-electron chi connectivity index (χ4n) is 5.63. The van der Waals surface area contributed by atoms with E-state index in [2.05, 4.69) is 30.1 Å². The number of nitrogens with one attached hydrogen (secondary N) is 1. The van der Waals surface area contributed by atoms with Crippen molar-refractivity contribution in [2.75, 3.05) is 24.4 Å². The summed E-state index contributed by atoms with van der Waals surface area (Å²) in [6.45, 7) is 9.49. The van der Waals surface area contributed by atoms with Crippen LogP contribution >= 0.6 is 11.6 Å². The van der Waals surface area contributed by atoms with E-state index in [-0.39, 0.29) is 60.0 Å². The molecule has 53 heavy (non-hydrogen) atoms. The fraction of sp³-hybridized carbons (Fsp3) is 0.359. The zero-order valence-electron chi connectivity index (χ0n) is 30.3. The van der Waals surface area contributed by atoms with Crippen molar-refractivity contribution in [2.45, 2.75) is 71.4 Å². The van der Waals surface area contributed by atoms with Crippen LogP contribution in [-0.2, 0) is 38.6 Å². The Morgan fingerprint density at radius 3 is 2.51 bits per heavy atom. The molecular formula is C39H44ClF3N4O5Si. The maximum Gasteiger partial charge on any atom is 0.306 e. The molecule has 2 aromatic heterocycles. The standard InChI is InChI=1S/C39H44ClF3N4O5Si/c1-5-51-37(49)14-11-26-8-6-9-27(20-26)21-28-22-35(44-36(48)10-7-16-40)47(45-28)34-23-29(12-13-31(34)41)52-39-32(42)24-33-30(38(39)43)15-17-46(33)25-50-18-19-53(2,3)4/h6,8-9,12-13,15,17,20,22-24H,5,7,10-11,14,16,18-19,21,25H2,1-4H3,(H,44,48). The molecule has 5 rings (SSSR count). The van der Waals surface area contributed by atoms with Crippen molar-refractivity contribution in [1.82, 2.24) is 14.3 Å². The number of carbonyl (C=O) groups is 2. The van der Waals surface area contributed by atoms with Gasteiger partial charge in [0.25, 0.3) is 0 Å². The molecule has 0 aliphatic rings. The van der Waals surface area contributed by atoms with Gasteiger partial charge in [0, 0.05) is 69.6 Å². The van der Waals surface area contributed by atoms with Gasteiger partial charge in [-0.15, -0.1) is 11.6 Å². The first-order valence-corrected chi connectivity index (χ1v) is 21.8. The number of benzene rings is 3. The van der Waals surface area contributed by atoms with E-state index in [0.29, 0.717) is 43.7 Å². The van der Waals surface area contributed by atoms with Gasteiger partial charge in [-0.1, -0.05) is 43.9 Å². The number of rotatable bonds is 18. The summed E-state index contributed by atoms with van der Waals surface area (Å²) in [6.07, 6.45) is 3.24. The van der Waals surface area contributed by atoms with Crippen molar-refractivity contribution in [3.05, 3.63) is 101 Å². The molecule has 2 heterocycles. The summed E-state index contributed by atoms with van der Waals surface area (Å²) in [5, 5.41) is 7.54. The third kappa shape index (κ3) is 10.7. The molecule has 1 N–H and O–H groups in total. The number of amides is 1. The number of carbonyl (C=O) groups excluding carboxylic acids is 2. The van der Waals surface area contributed by atoms with Crippen LogP contribution < -0.4 is 10.1 Å². The van der Waals surface area contributed by atoms with Crippen LogP contribution in [0.2, 0.25) is 25.7 Å². The predicted molar refractivity (Wildman–Crippen MR) is 202 cm³/mol. The number of hydrogen-bond donors (Lipinski definition) is 1. The van der Waals surface area contributed by atoms with Gasteiger partial charge in [-0.25, -0.2) is 17.9 Å². The summed E-state index contributed by atoms with van der Waals surface area (Å²) in [7, 11) is -1.30. The van der Waals surface area contributed by atoms with Gasteiger partial charge in [-0.3, -0.25) is 9.59 Å². The largest absolute Gasteiger partial charge is 0.466 e. The highest BCUT2D eigenvalue weighted by atomic mass is 35.5. The third-order valence-corrected chi connectivity index (χ3v) is 10.4. The molecule has 14 heteroatoms. The highest BCUT2D eigenvalue weighted by molar-refractivity contribution is 6.76. The first kappa shape index (κ1) is 39.6. The monoisotopic (exact) mass is 768 g/mol. The lowest BCUT2D eigenvalue weighted by Crippen LogP contribution is -2.21. The smallest absolute Gasteiger partial charge is 0.306 e. The average Bonchev–Trinajstić information content (AvgIpc) is 3.70. The van der Waals surface area contributed by atoms with Crippen molar-refractivity contribution < 1.29 is 37.0 Å². The van der Waals surface area contributed by atoms with Crippen LogP contribution in [0.25, 0.3) is 16.6 Å². The highest BCUT2D eigenvalue weighted by Crippen LogP contribution is 2.35. The summed E-state index contributed by atoms with van der Waals surface area (Å²) in [6, 6.07) is 16.5. The number of alkyl halides is 1. The SMILES string of the molecule is CCOC(=O)CCc1cccc(Cc2cc(NC(=O)CCCCl)n(-c3cc(Oc4c(F)cc5c(ccn5COCC[Si](C)(C)C)c4F)ccc3F)n2)c1. The number of esters is 1. The van der Waals surface area contributed by atoms with Gasteiger partial charge in [-0.05, 0) is 55.1 Å². The average molecular weight is 769 g/mol. The number of ether oxygens (including phenoxy) is 3. The summed E-state index contributed by atoms with van der Waals surface area (Å²) < 4.78 is 66.1. The molecular weight excluding hydrogens is 725 g/mol. The van der Waals surface area contributed by atoms with Crippen LogP contribution in [-0.4, -0.2) is 53.4 Å². The van der Waals surface area contributed by atoms with E-state index in [1.54, 1.807) is 23.8 Å². The number of aromatic nitrogens is 3. The Hall–Kier alpha value is -4.59. The van der Waals surface area contributed by atoms with Gasteiger partial charge < -0.3 is 24.1 Å². The van der Waals surface area contributed by atoms with Gasteiger partial charge in [0.2, 0.25) is 5.91 Å². The Kier molecular flexibility index (Phi) is 13.4. The summed E-state index contributed by atoms with van der Waals surface area (Å²) in [5.74, 6) is -3.44. The number of nitrogens with zero attached hydrogens (tertiary/aromatic N) is 3. The Balaban J connectivity index is 1.41. The van der Waals surface area contributed by atoms with E-state index in [1.807, 2.05) is 24.3 Å². The molecule has 0 unspecified atom stereocenters. The second-order valence-corrected chi connectivity index (χ2v) is 19.9. The van der Waals surface area contributed by atoms with Gasteiger partial charge in [-0.2, -0.15) is 5.10 Å². The lowest BCUT2D eigenvalue weighted by Gasteiger charge is -2.16. The number of fused-ring (bicyclic) bond motifs is 1. The minimum Gasteiger partial charge on any atom is -0.466 e. The summed E-state index contributed by atoms with van der Waals surface area (Å²) in [5.41, 5.74) is 2.50. The van der Waals surface area contributed by atoms with Crippen molar-refractivity contribution in [3.8, 4) is 17.2 Å². The molecule has 0 saturated carbocycles. The maximum atomic E-state index is 15.8. The van der Waals surface area contributed by atoms with E-state index in [4.69, 9.17) is 25.8 Å². The molecule has 0 bridgehead atoms. The van der Waals surface area contributed by atoms with Gasteiger partial charge in [0.05, 0.1) is 17.8 Å². The van der Waals surface area contributed by atoms with Crippen molar-refractivity contribution in [2.24, 2.45) is 0 Å². The molecule has 1 amide bonds. The summed E-state index contributed by atoms with van der Waals surface area (Å²) >= 11 is 5.79. The van der Waals surface area contributed by atoms with Crippen LogP contribution in [0.15, 0.2) is 66.9 Å². The van der Waals surface area contributed by atoms with Crippen LogP contribution in [0.5, 0.6) is 11.5 Å². The quantitative estimate of drug-likeness (QED) is 0.0413. The second kappa shape index (κ2) is 18.0. The van der Waals surface area contributed by atoms with E-state index >= 15 is 13.2 Å². The first-order chi connectivity index (χ1) is 25.3. The highest BCUT2D eigenvalue weighted by Gasteiger charge is 2.21. The molecule has 0 atom stereocenters. The molecule has 0 aliphatic carbocycles. The molecule has 0 aliphatic heterocycles. The van der Waals surface area contributed by atoms with E-state index in [1.165, 1.54) is 28.9 Å². The number of halogens is 4. The topological polar surface area (TPSA) is 96.6 Å². The van der Waals surface area contributed by atoms with Gasteiger partial charge >= 0.3 is 5.97 Å². The van der Waals surface area contributed by atoms with E-state index < -0.39 is 31.3 Å². The van der Waals surface area contributed by atoms with Crippen LogP contribution in [0.4, 0.5) is 19.0 Å². The first-order valence-electron chi connectivity index (χ1n) is 17.6. The van der Waals surface area contributed by atoms with E-state index in [0.717, 1.165) is 23.2 Å². The lowest BCUT2D eigenvalue weighted by molar-refractivity contribution is -0.143. The summed E-state index contributed by atoms with van der Waals surface area (Å²) in [4.78, 5) is 24.6. The Labute approximate surface area is 313 Å². The third-order valence-electron chi connectivity index (χ3n) is 8.38. The minimum absolute atomic E-state index is 0.0570.